The monoisotopic (exact) mass is 313 g/mol. The van der Waals surface area contributed by atoms with Crippen molar-refractivity contribution in [3.63, 3.8) is 0 Å². The zero-order valence-corrected chi connectivity index (χ0v) is 11.9. The van der Waals surface area contributed by atoms with Crippen LogP contribution in [0.3, 0.4) is 0 Å². The number of hydrogen-bond donors (Lipinski definition) is 0. The second kappa shape index (κ2) is 5.15. The smallest absolute Gasteiger partial charge is 0.255 e. The third kappa shape index (κ3) is 2.19. The molecule has 22 heavy (non-hydrogen) atoms. The van der Waals surface area contributed by atoms with E-state index in [1.54, 1.807) is 34.1 Å². The summed E-state index contributed by atoms with van der Waals surface area (Å²) in [5.41, 5.74) is 1.50. The van der Waals surface area contributed by atoms with E-state index in [4.69, 9.17) is 4.74 Å². The molecule has 0 bridgehead atoms. The molecule has 4 heterocycles. The molecule has 108 valence electrons. The zero-order valence-electron chi connectivity index (χ0n) is 11.0. The lowest BCUT2D eigenvalue weighted by atomic mass is 10.3. The van der Waals surface area contributed by atoms with Gasteiger partial charge in [0, 0.05) is 23.2 Å². The summed E-state index contributed by atoms with van der Waals surface area (Å²) in [6.07, 6.45) is 1.35. The van der Waals surface area contributed by atoms with Crippen LogP contribution in [0.2, 0.25) is 0 Å². The summed E-state index contributed by atoms with van der Waals surface area (Å²) in [6.45, 7) is 0. The van der Waals surface area contributed by atoms with Crippen LogP contribution in [-0.2, 0) is 0 Å². The highest BCUT2D eigenvalue weighted by Crippen LogP contribution is 2.24. The first-order valence-electron chi connectivity index (χ1n) is 6.35. The minimum absolute atomic E-state index is 0.0134. The van der Waals surface area contributed by atoms with Crippen molar-refractivity contribution in [2.75, 3.05) is 0 Å². The average molecular weight is 313 g/mol. The topological polar surface area (TPSA) is 65.2 Å². The van der Waals surface area contributed by atoms with Crippen LogP contribution in [0, 0.1) is 5.95 Å². The molecule has 0 N–H and O–H groups in total. The van der Waals surface area contributed by atoms with Gasteiger partial charge >= 0.3 is 0 Å². The predicted octanol–water partition coefficient (Wildman–Crippen LogP) is 3.18. The number of nitrogens with zero attached hydrogens (tertiary/aromatic N) is 5. The molecule has 0 saturated carbocycles. The van der Waals surface area contributed by atoms with Crippen molar-refractivity contribution in [3.8, 4) is 23.0 Å². The van der Waals surface area contributed by atoms with Gasteiger partial charge in [-0.05, 0) is 29.6 Å². The predicted molar refractivity (Wildman–Crippen MR) is 78.4 cm³/mol. The normalized spacial score (nSPS) is 11.0. The number of rotatable bonds is 3. The maximum Gasteiger partial charge on any atom is 0.255 e. The molecule has 0 atom stereocenters. The van der Waals surface area contributed by atoms with Crippen LogP contribution in [0.25, 0.3) is 17.0 Å². The minimum atomic E-state index is -0.689. The van der Waals surface area contributed by atoms with E-state index in [1.807, 2.05) is 16.8 Å². The molecule has 0 fully saturated rings. The average Bonchev–Trinajstić information content (AvgIpc) is 3.18. The lowest BCUT2D eigenvalue weighted by Gasteiger charge is -2.05. The molecule has 0 aliphatic carbocycles. The number of pyridine rings is 1. The Balaban J connectivity index is 1.77. The molecular weight excluding hydrogens is 305 g/mol. The molecule has 4 rings (SSSR count). The van der Waals surface area contributed by atoms with Crippen molar-refractivity contribution in [1.82, 2.24) is 24.8 Å². The molecular formula is C14H8FN5OS. The first kappa shape index (κ1) is 12.8. The van der Waals surface area contributed by atoms with E-state index in [0.29, 0.717) is 11.5 Å². The molecule has 0 saturated heterocycles. The van der Waals surface area contributed by atoms with Gasteiger partial charge in [0.15, 0.2) is 17.2 Å². The number of thiophene rings is 1. The van der Waals surface area contributed by atoms with E-state index in [-0.39, 0.29) is 11.6 Å². The zero-order chi connectivity index (χ0) is 14.9. The third-order valence-corrected chi connectivity index (χ3v) is 3.64. The highest BCUT2D eigenvalue weighted by Gasteiger charge is 2.12. The molecule has 0 aromatic carbocycles. The summed E-state index contributed by atoms with van der Waals surface area (Å²) >= 11 is 1.56. The van der Waals surface area contributed by atoms with Crippen molar-refractivity contribution >= 4 is 17.0 Å². The van der Waals surface area contributed by atoms with Crippen molar-refractivity contribution < 1.29 is 9.13 Å². The molecule has 8 heteroatoms. The molecule has 0 spiro atoms. The van der Waals surface area contributed by atoms with Gasteiger partial charge in [-0.25, -0.2) is 4.98 Å². The molecule has 6 nitrogen and oxygen atoms in total. The molecule has 4 aromatic heterocycles. The van der Waals surface area contributed by atoms with Gasteiger partial charge in [0.25, 0.3) is 5.95 Å². The van der Waals surface area contributed by atoms with Gasteiger partial charge in [0.05, 0.1) is 0 Å². The fourth-order valence-electron chi connectivity index (χ4n) is 1.96. The van der Waals surface area contributed by atoms with E-state index in [2.05, 4.69) is 20.3 Å². The molecule has 4 aromatic rings. The van der Waals surface area contributed by atoms with Crippen molar-refractivity contribution in [3.05, 3.63) is 53.2 Å². The quantitative estimate of drug-likeness (QED) is 0.544. The minimum Gasteiger partial charge on any atom is -0.433 e. The lowest BCUT2D eigenvalue weighted by Crippen LogP contribution is -1.98. The van der Waals surface area contributed by atoms with Gasteiger partial charge < -0.3 is 4.74 Å². The van der Waals surface area contributed by atoms with Gasteiger partial charge in [-0.2, -0.15) is 20.2 Å². The van der Waals surface area contributed by atoms with E-state index in [1.165, 1.54) is 12.3 Å². The molecule has 0 aliphatic rings. The SMILES string of the molecule is Fc1ncccc1Oc1ccc2nnc(-c3ccsc3)n2n1. The number of fused-ring (bicyclic) bond motifs is 1. The Kier molecular flexibility index (Phi) is 3.01. The van der Waals surface area contributed by atoms with Crippen LogP contribution in [-0.4, -0.2) is 24.8 Å². The van der Waals surface area contributed by atoms with E-state index in [9.17, 15) is 4.39 Å². The van der Waals surface area contributed by atoms with Crippen molar-refractivity contribution in [2.45, 2.75) is 0 Å². The van der Waals surface area contributed by atoms with Crippen LogP contribution in [0.1, 0.15) is 0 Å². The Morgan fingerprint density at radius 2 is 2.09 bits per heavy atom. The Labute approximate surface area is 127 Å². The summed E-state index contributed by atoms with van der Waals surface area (Å²) in [5, 5.41) is 16.4. The maximum atomic E-state index is 13.5. The Morgan fingerprint density at radius 3 is 2.91 bits per heavy atom. The van der Waals surface area contributed by atoms with Crippen LogP contribution < -0.4 is 4.74 Å². The van der Waals surface area contributed by atoms with Gasteiger partial charge in [-0.1, -0.05) is 0 Å². The first-order chi connectivity index (χ1) is 10.8. The van der Waals surface area contributed by atoms with E-state index < -0.39 is 5.95 Å². The standard InChI is InChI=1S/C14H8FN5OS/c15-13-10(2-1-6-16-13)21-12-4-3-11-17-18-14(20(11)19-12)9-5-7-22-8-9/h1-8H. The van der Waals surface area contributed by atoms with Crippen molar-refractivity contribution in [2.24, 2.45) is 0 Å². The van der Waals surface area contributed by atoms with Gasteiger partial charge in [-0.15, -0.1) is 15.3 Å². The number of hydrogen-bond acceptors (Lipinski definition) is 6. The van der Waals surface area contributed by atoms with Crippen LogP contribution in [0.4, 0.5) is 4.39 Å². The lowest BCUT2D eigenvalue weighted by molar-refractivity contribution is 0.409. The summed E-state index contributed by atoms with van der Waals surface area (Å²) in [5.74, 6) is 0.162. The Morgan fingerprint density at radius 1 is 1.14 bits per heavy atom. The van der Waals surface area contributed by atoms with Gasteiger partial charge in [-0.3, -0.25) is 0 Å². The summed E-state index contributed by atoms with van der Waals surface area (Å²) in [6, 6.07) is 8.32. The summed E-state index contributed by atoms with van der Waals surface area (Å²) in [7, 11) is 0. The molecule has 0 aliphatic heterocycles. The fourth-order valence-corrected chi connectivity index (χ4v) is 2.59. The maximum absolute atomic E-state index is 13.5. The second-order valence-electron chi connectivity index (χ2n) is 4.37. The number of ether oxygens (including phenoxy) is 1. The van der Waals surface area contributed by atoms with E-state index in [0.717, 1.165) is 5.56 Å². The number of aromatic nitrogens is 5. The molecule has 0 unspecified atom stereocenters. The second-order valence-corrected chi connectivity index (χ2v) is 5.15. The van der Waals surface area contributed by atoms with Crippen molar-refractivity contribution in [1.29, 1.82) is 0 Å². The fraction of sp³-hybridized carbons (Fsp3) is 0. The summed E-state index contributed by atoms with van der Waals surface area (Å²) < 4.78 is 20.5. The highest BCUT2D eigenvalue weighted by atomic mass is 32.1. The molecule has 0 radical (unpaired) electrons. The first-order valence-corrected chi connectivity index (χ1v) is 7.29. The Bertz CT molecular complexity index is 937. The highest BCUT2D eigenvalue weighted by molar-refractivity contribution is 7.08. The molecule has 0 amide bonds. The van der Waals surface area contributed by atoms with Crippen LogP contribution >= 0.6 is 11.3 Å². The van der Waals surface area contributed by atoms with Gasteiger partial charge in [0.1, 0.15) is 0 Å². The largest absolute Gasteiger partial charge is 0.433 e. The Hall–Kier alpha value is -2.87. The third-order valence-electron chi connectivity index (χ3n) is 2.96. The summed E-state index contributed by atoms with van der Waals surface area (Å²) in [4.78, 5) is 3.54. The van der Waals surface area contributed by atoms with Crippen LogP contribution in [0.5, 0.6) is 11.6 Å². The van der Waals surface area contributed by atoms with E-state index >= 15 is 0 Å². The van der Waals surface area contributed by atoms with Crippen LogP contribution in [0.15, 0.2) is 47.3 Å². The number of halogens is 1. The van der Waals surface area contributed by atoms with Gasteiger partial charge in [0.2, 0.25) is 5.88 Å².